The molecule has 6 heteroatoms. The molecule has 0 radical (unpaired) electrons. The second-order valence-electron chi connectivity index (χ2n) is 4.08. The molecule has 16 heavy (non-hydrogen) atoms. The van der Waals surface area contributed by atoms with Crippen molar-refractivity contribution in [2.75, 3.05) is 5.32 Å². The predicted octanol–water partition coefficient (Wildman–Crippen LogP) is 3.84. The molecule has 0 saturated heterocycles. The number of nitrogens with zero attached hydrogens (tertiary/aromatic N) is 1. The molecule has 1 rings (SSSR count). The zero-order valence-corrected chi connectivity index (χ0v) is 11.5. The Labute approximate surface area is 107 Å². The van der Waals surface area contributed by atoms with Gasteiger partial charge in [-0.15, -0.1) is 0 Å². The fourth-order valence-electron chi connectivity index (χ4n) is 0.908. The summed E-state index contributed by atoms with van der Waals surface area (Å²) in [6.07, 6.45) is 0.933. The number of aromatic nitrogens is 1. The van der Waals surface area contributed by atoms with Crippen LogP contribution in [0.3, 0.4) is 0 Å². The van der Waals surface area contributed by atoms with Gasteiger partial charge in [-0.1, -0.05) is 11.6 Å². The molecule has 0 aliphatic heterocycles. The van der Waals surface area contributed by atoms with Gasteiger partial charge < -0.3 is 4.74 Å². The number of pyridine rings is 1. The zero-order valence-electron chi connectivity index (χ0n) is 9.17. The van der Waals surface area contributed by atoms with E-state index in [1.807, 2.05) is 0 Å². The molecule has 1 aromatic heterocycles. The Kier molecular flexibility index (Phi) is 4.15. The van der Waals surface area contributed by atoms with Crippen molar-refractivity contribution in [3.8, 4) is 0 Å². The number of nitrogens with one attached hydrogen (secondary N) is 1. The number of halogens is 2. The smallest absolute Gasteiger partial charge is 0.413 e. The van der Waals surface area contributed by atoms with E-state index in [1.54, 1.807) is 26.8 Å². The number of rotatable bonds is 1. The van der Waals surface area contributed by atoms with Crippen molar-refractivity contribution in [3.63, 3.8) is 0 Å². The normalized spacial score (nSPS) is 11.1. The van der Waals surface area contributed by atoms with Gasteiger partial charge in [-0.3, -0.25) is 5.32 Å². The Bertz CT molecular complexity index is 404. The number of hydrogen-bond donors (Lipinski definition) is 1. The standard InChI is InChI=1S/C10H12BrClN2O2/c1-10(2,3)16-9(15)14-8-7(11)6(12)4-5-13-8/h4-5H,1-3H3,(H,13,14,15). The molecular formula is C10H12BrClN2O2. The van der Waals surface area contributed by atoms with Crippen molar-refractivity contribution in [3.05, 3.63) is 21.8 Å². The lowest BCUT2D eigenvalue weighted by atomic mass is 10.2. The summed E-state index contributed by atoms with van der Waals surface area (Å²) in [5.41, 5.74) is -0.546. The summed E-state index contributed by atoms with van der Waals surface area (Å²) in [5.74, 6) is 0.335. The largest absolute Gasteiger partial charge is 0.444 e. The summed E-state index contributed by atoms with van der Waals surface area (Å²) in [6.45, 7) is 5.35. The van der Waals surface area contributed by atoms with Crippen LogP contribution in [0.5, 0.6) is 0 Å². The highest BCUT2D eigenvalue weighted by atomic mass is 79.9. The van der Waals surface area contributed by atoms with Crippen molar-refractivity contribution >= 4 is 39.4 Å². The van der Waals surface area contributed by atoms with Crippen LogP contribution in [0.2, 0.25) is 5.02 Å². The van der Waals surface area contributed by atoms with Crippen LogP contribution in [0.15, 0.2) is 16.7 Å². The summed E-state index contributed by atoms with van der Waals surface area (Å²) in [7, 11) is 0. The molecule has 0 fully saturated rings. The van der Waals surface area contributed by atoms with Gasteiger partial charge in [0.1, 0.15) is 5.60 Å². The first-order valence-corrected chi connectivity index (χ1v) is 5.77. The third-order valence-corrected chi connectivity index (χ3v) is 2.81. The fraction of sp³-hybridized carbons (Fsp3) is 0.400. The van der Waals surface area contributed by atoms with Gasteiger partial charge in [0.25, 0.3) is 0 Å². The lowest BCUT2D eigenvalue weighted by Gasteiger charge is -2.19. The van der Waals surface area contributed by atoms with Gasteiger partial charge in [-0.25, -0.2) is 9.78 Å². The van der Waals surface area contributed by atoms with E-state index in [0.717, 1.165) is 0 Å². The van der Waals surface area contributed by atoms with Crippen LogP contribution in [0.1, 0.15) is 20.8 Å². The van der Waals surface area contributed by atoms with Crippen LogP contribution in [0, 0.1) is 0 Å². The molecule has 1 N–H and O–H groups in total. The number of carbonyl (C=O) groups excluding carboxylic acids is 1. The van der Waals surface area contributed by atoms with Crippen LogP contribution in [-0.4, -0.2) is 16.7 Å². The van der Waals surface area contributed by atoms with Gasteiger partial charge in [0.2, 0.25) is 0 Å². The highest BCUT2D eigenvalue weighted by Crippen LogP contribution is 2.28. The highest BCUT2D eigenvalue weighted by Gasteiger charge is 2.17. The number of ether oxygens (including phenoxy) is 1. The molecule has 1 heterocycles. The lowest BCUT2D eigenvalue weighted by molar-refractivity contribution is 0.0635. The molecule has 0 spiro atoms. The second-order valence-corrected chi connectivity index (χ2v) is 5.28. The maximum absolute atomic E-state index is 11.5. The van der Waals surface area contributed by atoms with Crippen molar-refractivity contribution in [1.29, 1.82) is 0 Å². The van der Waals surface area contributed by atoms with Gasteiger partial charge >= 0.3 is 6.09 Å². The first kappa shape index (κ1) is 13.3. The van der Waals surface area contributed by atoms with Crippen molar-refractivity contribution in [1.82, 2.24) is 4.98 Å². The predicted molar refractivity (Wildman–Crippen MR) is 66.8 cm³/mol. The average Bonchev–Trinajstić information content (AvgIpc) is 2.09. The van der Waals surface area contributed by atoms with E-state index < -0.39 is 11.7 Å². The van der Waals surface area contributed by atoms with Gasteiger partial charge in [0, 0.05) is 6.20 Å². The minimum atomic E-state index is -0.567. The molecule has 0 aliphatic rings. The topological polar surface area (TPSA) is 51.2 Å². The van der Waals surface area contributed by atoms with Crippen molar-refractivity contribution in [2.24, 2.45) is 0 Å². The molecular weight excluding hydrogens is 295 g/mol. The van der Waals surface area contributed by atoms with E-state index >= 15 is 0 Å². The molecule has 0 atom stereocenters. The number of hydrogen-bond acceptors (Lipinski definition) is 3. The first-order valence-electron chi connectivity index (χ1n) is 4.59. The summed E-state index contributed by atoms with van der Waals surface area (Å²) >= 11 is 9.07. The Morgan fingerprint density at radius 1 is 1.56 bits per heavy atom. The van der Waals surface area contributed by atoms with Crippen LogP contribution < -0.4 is 5.32 Å². The third-order valence-electron chi connectivity index (χ3n) is 1.46. The fourth-order valence-corrected chi connectivity index (χ4v) is 1.39. The van der Waals surface area contributed by atoms with Crippen LogP contribution >= 0.6 is 27.5 Å². The van der Waals surface area contributed by atoms with Crippen LogP contribution in [0.25, 0.3) is 0 Å². The average molecular weight is 308 g/mol. The van der Waals surface area contributed by atoms with E-state index in [2.05, 4.69) is 26.2 Å². The Morgan fingerprint density at radius 2 is 2.19 bits per heavy atom. The zero-order chi connectivity index (χ0) is 12.3. The molecule has 4 nitrogen and oxygen atoms in total. The van der Waals surface area contributed by atoms with E-state index in [1.165, 1.54) is 6.20 Å². The molecule has 0 saturated carbocycles. The summed E-state index contributed by atoms with van der Waals surface area (Å²) < 4.78 is 5.61. The van der Waals surface area contributed by atoms with E-state index in [-0.39, 0.29) is 0 Å². The SMILES string of the molecule is CC(C)(C)OC(=O)Nc1nccc(Cl)c1Br. The summed E-state index contributed by atoms with van der Waals surface area (Å²) in [6, 6.07) is 1.62. The number of amides is 1. The van der Waals surface area contributed by atoms with E-state index in [0.29, 0.717) is 15.3 Å². The first-order chi connectivity index (χ1) is 7.29. The molecule has 88 valence electrons. The quantitative estimate of drug-likeness (QED) is 0.857. The van der Waals surface area contributed by atoms with Crippen LogP contribution in [0.4, 0.5) is 10.6 Å². The molecule has 0 aromatic carbocycles. The summed E-state index contributed by atoms with van der Waals surface area (Å²) in [5, 5.41) is 2.98. The van der Waals surface area contributed by atoms with Gasteiger partial charge in [-0.05, 0) is 42.8 Å². The Balaban J connectivity index is 2.74. The minimum Gasteiger partial charge on any atom is -0.444 e. The third kappa shape index (κ3) is 3.98. The maximum Gasteiger partial charge on any atom is 0.413 e. The molecule has 0 bridgehead atoms. The minimum absolute atomic E-state index is 0.335. The maximum atomic E-state index is 11.5. The Morgan fingerprint density at radius 3 is 2.75 bits per heavy atom. The van der Waals surface area contributed by atoms with Gasteiger partial charge in [0.05, 0.1) is 9.50 Å². The van der Waals surface area contributed by atoms with Gasteiger partial charge in [0.15, 0.2) is 5.82 Å². The highest BCUT2D eigenvalue weighted by molar-refractivity contribution is 9.10. The number of anilines is 1. The van der Waals surface area contributed by atoms with Gasteiger partial charge in [-0.2, -0.15) is 0 Å². The van der Waals surface area contributed by atoms with Crippen molar-refractivity contribution in [2.45, 2.75) is 26.4 Å². The van der Waals surface area contributed by atoms with Crippen molar-refractivity contribution < 1.29 is 9.53 Å². The number of carbonyl (C=O) groups is 1. The molecule has 0 unspecified atom stereocenters. The monoisotopic (exact) mass is 306 g/mol. The molecule has 1 amide bonds. The summed E-state index contributed by atoms with van der Waals surface area (Å²) in [4.78, 5) is 15.4. The molecule has 1 aromatic rings. The van der Waals surface area contributed by atoms with E-state index in [4.69, 9.17) is 16.3 Å². The second kappa shape index (κ2) is 5.01. The van der Waals surface area contributed by atoms with Crippen LogP contribution in [-0.2, 0) is 4.74 Å². The lowest BCUT2D eigenvalue weighted by Crippen LogP contribution is -2.27. The molecule has 0 aliphatic carbocycles. The Hall–Kier alpha value is -0.810. The van der Waals surface area contributed by atoms with E-state index in [9.17, 15) is 4.79 Å².